The number of likely N-dealkylation sites (tertiary alicyclic amines) is 1. The van der Waals surface area contributed by atoms with E-state index in [0.717, 1.165) is 25.0 Å². The molecule has 0 bridgehead atoms. The Labute approximate surface area is 124 Å². The fourth-order valence-corrected chi connectivity index (χ4v) is 3.34. The summed E-state index contributed by atoms with van der Waals surface area (Å²) >= 11 is 0. The van der Waals surface area contributed by atoms with E-state index in [1.54, 1.807) is 4.57 Å². The Balaban J connectivity index is 1.76. The molecule has 0 spiro atoms. The van der Waals surface area contributed by atoms with Crippen LogP contribution < -0.4 is 11.5 Å². The second-order valence-electron chi connectivity index (χ2n) is 5.95. The quantitative estimate of drug-likeness (QED) is 0.932. The Morgan fingerprint density at radius 1 is 1.33 bits per heavy atom. The van der Waals surface area contributed by atoms with Gasteiger partial charge < -0.3 is 10.2 Å². The molecule has 1 aromatic carbocycles. The molecule has 5 nitrogen and oxygen atoms in total. The highest BCUT2D eigenvalue weighted by Crippen LogP contribution is 2.19. The van der Waals surface area contributed by atoms with Gasteiger partial charge in [-0.15, -0.1) is 0 Å². The molecule has 0 amide bonds. The smallest absolute Gasteiger partial charge is 0.408 e. The number of hydrogen-bond acceptors (Lipinski definition) is 4. The largest absolute Gasteiger partial charge is 0.419 e. The van der Waals surface area contributed by atoms with Crippen molar-refractivity contribution in [2.24, 2.45) is 5.73 Å². The zero-order valence-corrected chi connectivity index (χ0v) is 12.5. The highest BCUT2D eigenvalue weighted by atomic mass is 16.4. The van der Waals surface area contributed by atoms with Crippen molar-refractivity contribution >= 4 is 11.1 Å². The lowest BCUT2D eigenvalue weighted by molar-refractivity contribution is 0.125. The third kappa shape index (κ3) is 2.89. The Hall–Kier alpha value is -1.59. The molecule has 2 heterocycles. The van der Waals surface area contributed by atoms with E-state index in [2.05, 4.69) is 11.8 Å². The van der Waals surface area contributed by atoms with Crippen molar-refractivity contribution in [3.05, 3.63) is 34.8 Å². The number of nitrogens with zero attached hydrogens (tertiary/aromatic N) is 2. The van der Waals surface area contributed by atoms with Crippen LogP contribution >= 0.6 is 0 Å². The van der Waals surface area contributed by atoms with Crippen molar-refractivity contribution in [3.8, 4) is 0 Å². The highest BCUT2D eigenvalue weighted by Gasteiger charge is 2.25. The third-order valence-corrected chi connectivity index (χ3v) is 4.46. The summed E-state index contributed by atoms with van der Waals surface area (Å²) in [5.41, 5.74) is 7.63. The van der Waals surface area contributed by atoms with Crippen LogP contribution in [0.4, 0.5) is 0 Å². The van der Waals surface area contributed by atoms with E-state index in [4.69, 9.17) is 10.2 Å². The van der Waals surface area contributed by atoms with Crippen molar-refractivity contribution < 1.29 is 4.42 Å². The molecular formula is C16H23N3O2. The van der Waals surface area contributed by atoms with Crippen LogP contribution in [0, 0.1) is 0 Å². The maximum Gasteiger partial charge on any atom is 0.419 e. The van der Waals surface area contributed by atoms with E-state index in [1.807, 2.05) is 24.3 Å². The van der Waals surface area contributed by atoms with Crippen LogP contribution in [0.3, 0.4) is 0 Å². The van der Waals surface area contributed by atoms with Crippen LogP contribution in [-0.2, 0) is 6.54 Å². The fraction of sp³-hybridized carbons (Fsp3) is 0.562. The number of nitrogens with two attached hydrogens (primary N) is 1. The van der Waals surface area contributed by atoms with E-state index >= 15 is 0 Å². The zero-order chi connectivity index (χ0) is 14.8. The molecule has 114 valence electrons. The van der Waals surface area contributed by atoms with Gasteiger partial charge in [0.1, 0.15) is 0 Å². The fourth-order valence-electron chi connectivity index (χ4n) is 3.34. The molecule has 21 heavy (non-hydrogen) atoms. The predicted octanol–water partition coefficient (Wildman–Crippen LogP) is 1.80. The Bertz CT molecular complexity index is 659. The normalized spacial score (nSPS) is 21.7. The standard InChI is InChI=1S/C16H23N3O2/c1-12(17)13-6-4-5-9-18(13)10-11-19-14-7-2-3-8-15(14)21-16(19)20/h2-3,7-8,12-13H,4-6,9-11,17H2,1H3. The maximum atomic E-state index is 12.0. The number of para-hydroxylation sites is 2. The van der Waals surface area contributed by atoms with Crippen LogP contribution in [0.2, 0.25) is 0 Å². The summed E-state index contributed by atoms with van der Waals surface area (Å²) in [5, 5.41) is 0. The molecule has 3 rings (SSSR count). The number of rotatable bonds is 4. The predicted molar refractivity (Wildman–Crippen MR) is 83.3 cm³/mol. The molecule has 2 aromatic rings. The summed E-state index contributed by atoms with van der Waals surface area (Å²) in [6.45, 7) is 4.63. The molecule has 1 saturated heterocycles. The van der Waals surface area contributed by atoms with Crippen molar-refractivity contribution in [2.45, 2.75) is 44.8 Å². The first-order valence-corrected chi connectivity index (χ1v) is 7.75. The third-order valence-electron chi connectivity index (χ3n) is 4.46. The van der Waals surface area contributed by atoms with Gasteiger partial charge in [0.2, 0.25) is 0 Å². The van der Waals surface area contributed by atoms with Crippen LogP contribution in [0.1, 0.15) is 26.2 Å². The van der Waals surface area contributed by atoms with Gasteiger partial charge in [-0.3, -0.25) is 9.47 Å². The summed E-state index contributed by atoms with van der Waals surface area (Å²) < 4.78 is 7.00. The summed E-state index contributed by atoms with van der Waals surface area (Å²) in [6, 6.07) is 8.17. The lowest BCUT2D eigenvalue weighted by Crippen LogP contribution is -2.50. The Morgan fingerprint density at radius 2 is 2.14 bits per heavy atom. The SMILES string of the molecule is CC(N)C1CCCCN1CCn1c(=O)oc2ccccc21. The number of fused-ring (bicyclic) bond motifs is 1. The van der Waals surface area contributed by atoms with Crippen molar-refractivity contribution in [1.29, 1.82) is 0 Å². The van der Waals surface area contributed by atoms with Gasteiger partial charge in [-0.25, -0.2) is 4.79 Å². The monoisotopic (exact) mass is 289 g/mol. The first-order valence-electron chi connectivity index (χ1n) is 7.75. The van der Waals surface area contributed by atoms with Crippen LogP contribution in [0.25, 0.3) is 11.1 Å². The van der Waals surface area contributed by atoms with Gasteiger partial charge in [0.25, 0.3) is 0 Å². The highest BCUT2D eigenvalue weighted by molar-refractivity contribution is 5.72. The number of oxazole rings is 1. The molecular weight excluding hydrogens is 266 g/mol. The van der Waals surface area contributed by atoms with E-state index in [9.17, 15) is 4.79 Å². The lowest BCUT2D eigenvalue weighted by atomic mass is 9.97. The van der Waals surface area contributed by atoms with E-state index in [0.29, 0.717) is 18.2 Å². The first-order chi connectivity index (χ1) is 10.2. The molecule has 5 heteroatoms. The lowest BCUT2D eigenvalue weighted by Gasteiger charge is -2.38. The maximum absolute atomic E-state index is 12.0. The van der Waals surface area contributed by atoms with Gasteiger partial charge in [0, 0.05) is 25.2 Å². The van der Waals surface area contributed by atoms with Gasteiger partial charge in [0.05, 0.1) is 5.52 Å². The van der Waals surface area contributed by atoms with Crippen LogP contribution in [0.5, 0.6) is 0 Å². The van der Waals surface area contributed by atoms with Crippen LogP contribution in [-0.4, -0.2) is 34.6 Å². The minimum absolute atomic E-state index is 0.170. The average Bonchev–Trinajstić information content (AvgIpc) is 2.81. The molecule has 0 radical (unpaired) electrons. The number of benzene rings is 1. The second kappa shape index (κ2) is 6.03. The van der Waals surface area contributed by atoms with Crippen molar-refractivity contribution in [2.75, 3.05) is 13.1 Å². The summed E-state index contributed by atoms with van der Waals surface area (Å²) in [7, 11) is 0. The molecule has 0 saturated carbocycles. The summed E-state index contributed by atoms with van der Waals surface area (Å²) in [5.74, 6) is -0.273. The molecule has 1 aliphatic heterocycles. The Morgan fingerprint density at radius 3 is 2.95 bits per heavy atom. The Kier molecular flexibility index (Phi) is 4.12. The molecule has 1 aliphatic rings. The molecule has 0 aliphatic carbocycles. The van der Waals surface area contributed by atoms with Gasteiger partial charge in [-0.05, 0) is 38.4 Å². The number of hydrogen-bond donors (Lipinski definition) is 1. The average molecular weight is 289 g/mol. The molecule has 2 N–H and O–H groups in total. The van der Waals surface area contributed by atoms with Gasteiger partial charge in [-0.2, -0.15) is 0 Å². The molecule has 2 unspecified atom stereocenters. The van der Waals surface area contributed by atoms with Crippen molar-refractivity contribution in [3.63, 3.8) is 0 Å². The van der Waals surface area contributed by atoms with E-state index < -0.39 is 0 Å². The van der Waals surface area contributed by atoms with Crippen molar-refractivity contribution in [1.82, 2.24) is 9.47 Å². The summed E-state index contributed by atoms with van der Waals surface area (Å²) in [4.78, 5) is 14.4. The summed E-state index contributed by atoms with van der Waals surface area (Å²) in [6.07, 6.45) is 3.61. The second-order valence-corrected chi connectivity index (χ2v) is 5.95. The molecule has 1 fully saturated rings. The number of aromatic nitrogens is 1. The minimum Gasteiger partial charge on any atom is -0.408 e. The molecule has 2 atom stereocenters. The van der Waals surface area contributed by atoms with E-state index in [-0.39, 0.29) is 11.8 Å². The number of piperidine rings is 1. The molecule has 1 aromatic heterocycles. The van der Waals surface area contributed by atoms with Gasteiger partial charge in [0.15, 0.2) is 5.58 Å². The van der Waals surface area contributed by atoms with Gasteiger partial charge >= 0.3 is 5.76 Å². The topological polar surface area (TPSA) is 64.4 Å². The first kappa shape index (κ1) is 14.4. The van der Waals surface area contributed by atoms with Crippen LogP contribution in [0.15, 0.2) is 33.5 Å². The minimum atomic E-state index is -0.273. The van der Waals surface area contributed by atoms with Gasteiger partial charge in [-0.1, -0.05) is 18.6 Å². The van der Waals surface area contributed by atoms with E-state index in [1.165, 1.54) is 12.8 Å². The zero-order valence-electron chi connectivity index (χ0n) is 12.5.